The Morgan fingerprint density at radius 1 is 1.15 bits per heavy atom. The van der Waals surface area contributed by atoms with Gasteiger partial charge in [0.2, 0.25) is 0 Å². The number of nitrogens with zero attached hydrogens (tertiary/aromatic N) is 3. The molecule has 0 saturated carbocycles. The van der Waals surface area contributed by atoms with E-state index in [2.05, 4.69) is 29.2 Å². The van der Waals surface area contributed by atoms with E-state index in [0.717, 1.165) is 70.4 Å². The first-order chi connectivity index (χ1) is 15.5. The molecule has 2 aromatic heterocycles. The topological polar surface area (TPSA) is 58.4 Å². The molecule has 0 radical (unpaired) electrons. The third kappa shape index (κ3) is 4.39. The zero-order valence-corrected chi connectivity index (χ0v) is 17.9. The summed E-state index contributed by atoms with van der Waals surface area (Å²) in [6.07, 6.45) is 3.00. The zero-order valence-electron chi connectivity index (χ0n) is 17.9. The first-order valence-electron chi connectivity index (χ1n) is 10.8. The number of halogens is 1. The van der Waals surface area contributed by atoms with E-state index in [1.807, 2.05) is 25.1 Å². The highest BCUT2D eigenvalue weighted by Crippen LogP contribution is 2.35. The van der Waals surface area contributed by atoms with Crippen LogP contribution in [0.1, 0.15) is 30.8 Å². The molecule has 4 aromatic rings. The van der Waals surface area contributed by atoms with E-state index in [-0.39, 0.29) is 19.8 Å². The highest BCUT2D eigenvalue weighted by molar-refractivity contribution is 5.95. The Hall–Kier alpha value is -3.51. The van der Waals surface area contributed by atoms with Crippen molar-refractivity contribution in [2.75, 3.05) is 13.1 Å². The van der Waals surface area contributed by atoms with Crippen molar-refractivity contribution >= 4 is 33.3 Å². The third-order valence-electron chi connectivity index (χ3n) is 6.23. The minimum Gasteiger partial charge on any atom is -0.480 e. The summed E-state index contributed by atoms with van der Waals surface area (Å²) in [5.74, 6) is -1.22. The molecule has 0 bridgehead atoms. The average molecular weight is 446 g/mol. The van der Waals surface area contributed by atoms with E-state index in [9.17, 15) is 14.3 Å². The Bertz CT molecular complexity index is 1370. The van der Waals surface area contributed by atoms with Gasteiger partial charge in [-0.3, -0.25) is 14.7 Å². The Balaban J connectivity index is 0.00000259. The van der Waals surface area contributed by atoms with Crippen LogP contribution < -0.4 is 0 Å². The van der Waals surface area contributed by atoms with Crippen molar-refractivity contribution < 1.29 is 14.3 Å². The average Bonchev–Trinajstić information content (AvgIpc) is 3.04. The lowest BCUT2D eigenvalue weighted by Crippen LogP contribution is -2.28. The number of carbonyl (C=O) groups is 1. The van der Waals surface area contributed by atoms with Crippen LogP contribution in [0.2, 0.25) is 0 Å². The van der Waals surface area contributed by atoms with Gasteiger partial charge < -0.3 is 9.67 Å². The maximum atomic E-state index is 14.0. The molecule has 5 rings (SSSR count). The molecule has 33 heavy (non-hydrogen) atoms. The summed E-state index contributed by atoms with van der Waals surface area (Å²) < 4.78 is 15.8. The third-order valence-corrected chi connectivity index (χ3v) is 6.23. The monoisotopic (exact) mass is 445 g/mol. The molecule has 1 aliphatic rings. The number of aromatic nitrogens is 2. The number of benzene rings is 2. The summed E-state index contributed by atoms with van der Waals surface area (Å²) in [5, 5.41) is 11.3. The maximum Gasteiger partial charge on any atom is 0.323 e. The second kappa shape index (κ2) is 9.16. The predicted octanol–water partition coefficient (Wildman–Crippen LogP) is 5.65. The van der Waals surface area contributed by atoms with Crippen molar-refractivity contribution in [3.8, 4) is 0 Å². The molecule has 0 amide bonds. The summed E-state index contributed by atoms with van der Waals surface area (Å²) in [6, 6.07) is 16.9. The summed E-state index contributed by atoms with van der Waals surface area (Å²) in [7, 11) is 0. The predicted molar refractivity (Wildman–Crippen MR) is 131 cm³/mol. The lowest BCUT2D eigenvalue weighted by Gasteiger charge is -2.26. The largest absolute Gasteiger partial charge is 0.480 e. The summed E-state index contributed by atoms with van der Waals surface area (Å²) in [5.41, 5.74) is 5.77. The highest BCUT2D eigenvalue weighted by atomic mass is 19.1. The molecule has 0 saturated heterocycles. The molecule has 0 fully saturated rings. The van der Waals surface area contributed by atoms with Crippen molar-refractivity contribution in [1.82, 2.24) is 14.5 Å². The molecule has 0 aliphatic carbocycles. The summed E-state index contributed by atoms with van der Waals surface area (Å²) >= 11 is 0. The number of carboxylic acid groups (broad SMARTS) is 1. The first-order valence-corrected chi connectivity index (χ1v) is 10.8. The van der Waals surface area contributed by atoms with Crippen LogP contribution in [0.4, 0.5) is 4.39 Å². The Kier molecular flexibility index (Phi) is 6.29. The molecular weight excluding hydrogens is 417 g/mol. The molecule has 0 unspecified atom stereocenters. The van der Waals surface area contributed by atoms with Crippen LogP contribution in [-0.4, -0.2) is 38.6 Å². The van der Waals surface area contributed by atoms with E-state index in [4.69, 9.17) is 4.98 Å². The normalized spacial score (nSPS) is 14.3. The molecule has 3 heterocycles. The quantitative estimate of drug-likeness (QED) is 0.431. The maximum absolute atomic E-state index is 14.0. The Labute approximate surface area is 192 Å². The van der Waals surface area contributed by atoms with Crippen LogP contribution in [0.3, 0.4) is 0 Å². The number of hydrogen-bond acceptors (Lipinski definition) is 3. The van der Waals surface area contributed by atoms with Crippen molar-refractivity contribution in [1.29, 1.82) is 0 Å². The van der Waals surface area contributed by atoms with Crippen molar-refractivity contribution in [3.63, 3.8) is 0 Å². The molecule has 0 spiro atoms. The van der Waals surface area contributed by atoms with E-state index in [0.29, 0.717) is 0 Å². The molecule has 2 aromatic carbocycles. The van der Waals surface area contributed by atoms with Crippen molar-refractivity contribution in [2.45, 2.75) is 33.9 Å². The Morgan fingerprint density at radius 3 is 2.73 bits per heavy atom. The highest BCUT2D eigenvalue weighted by Gasteiger charge is 2.22. The number of rotatable bonds is 5. The van der Waals surface area contributed by atoms with Gasteiger partial charge in [-0.2, -0.15) is 0 Å². The summed E-state index contributed by atoms with van der Waals surface area (Å²) in [4.78, 5) is 18.5. The Morgan fingerprint density at radius 2 is 1.97 bits per heavy atom. The van der Waals surface area contributed by atoms with Crippen LogP contribution in [0, 0.1) is 12.7 Å². The number of aliphatic carboxylic acids is 1. The van der Waals surface area contributed by atoms with Crippen LogP contribution in [0.25, 0.3) is 27.4 Å². The van der Waals surface area contributed by atoms with Gasteiger partial charge in [0.1, 0.15) is 12.4 Å². The minimum atomic E-state index is -0.910. The smallest absolute Gasteiger partial charge is 0.323 e. The van der Waals surface area contributed by atoms with E-state index >= 15 is 0 Å². The van der Waals surface area contributed by atoms with Gasteiger partial charge in [0.25, 0.3) is 0 Å². The number of hydrogen-bond donors (Lipinski definition) is 1. The lowest BCUT2D eigenvalue weighted by molar-refractivity contribution is -0.137. The van der Waals surface area contributed by atoms with Gasteiger partial charge in [0, 0.05) is 47.2 Å². The van der Waals surface area contributed by atoms with Gasteiger partial charge in [-0.25, -0.2) is 4.39 Å². The second-order valence-corrected chi connectivity index (χ2v) is 8.31. The number of pyridine rings is 1. The van der Waals surface area contributed by atoms with Crippen LogP contribution in [0.15, 0.2) is 60.7 Å². The van der Waals surface area contributed by atoms with E-state index < -0.39 is 5.97 Å². The standard InChI is InChI=1S/C26H24FN3O2.CH4/c1-17-26(22-14-20(27)7-9-24(22)30(17)16-25(31)32)19-10-12-29(13-11-19)15-21-8-6-18-4-2-3-5-23(18)28-21;/h2-10,14H,11-13,15-16H2,1H3,(H,31,32);1H4. The molecular formula is C27H28FN3O2. The van der Waals surface area contributed by atoms with Gasteiger partial charge in [0.05, 0.1) is 11.2 Å². The van der Waals surface area contributed by atoms with Crippen molar-refractivity contribution in [2.24, 2.45) is 0 Å². The molecule has 1 aliphatic heterocycles. The van der Waals surface area contributed by atoms with E-state index in [1.54, 1.807) is 10.6 Å². The van der Waals surface area contributed by atoms with Gasteiger partial charge in [0.15, 0.2) is 0 Å². The van der Waals surface area contributed by atoms with Crippen LogP contribution in [0.5, 0.6) is 0 Å². The van der Waals surface area contributed by atoms with Crippen LogP contribution in [-0.2, 0) is 17.9 Å². The van der Waals surface area contributed by atoms with Gasteiger partial charge in [-0.1, -0.05) is 37.8 Å². The fourth-order valence-electron chi connectivity index (χ4n) is 4.71. The lowest BCUT2D eigenvalue weighted by atomic mass is 9.96. The SMILES string of the molecule is C.Cc1c(C2=CCN(Cc3ccc4ccccc4n3)CC2)c2cc(F)ccc2n1CC(=O)O. The van der Waals surface area contributed by atoms with Crippen LogP contribution >= 0.6 is 0 Å². The summed E-state index contributed by atoms with van der Waals surface area (Å²) in [6.45, 7) is 4.18. The second-order valence-electron chi connectivity index (χ2n) is 8.31. The molecule has 6 heteroatoms. The van der Waals surface area contributed by atoms with Crippen molar-refractivity contribution in [3.05, 3.63) is 83.4 Å². The number of carboxylic acids is 1. The van der Waals surface area contributed by atoms with Gasteiger partial charge in [-0.15, -0.1) is 0 Å². The number of fused-ring (bicyclic) bond motifs is 2. The van der Waals surface area contributed by atoms with Gasteiger partial charge in [-0.05, 0) is 49.2 Å². The van der Waals surface area contributed by atoms with Gasteiger partial charge >= 0.3 is 5.97 Å². The molecule has 5 nitrogen and oxygen atoms in total. The minimum absolute atomic E-state index is 0. The fraction of sp³-hybridized carbons (Fsp3) is 0.259. The number of para-hydroxylation sites is 1. The molecule has 170 valence electrons. The molecule has 0 atom stereocenters. The zero-order chi connectivity index (χ0) is 22.2. The first kappa shape index (κ1) is 22.7. The molecule has 1 N–H and O–H groups in total. The van der Waals surface area contributed by atoms with E-state index in [1.165, 1.54) is 12.1 Å². The fourth-order valence-corrected chi connectivity index (χ4v) is 4.71.